The highest BCUT2D eigenvalue weighted by molar-refractivity contribution is 5.75. The summed E-state index contributed by atoms with van der Waals surface area (Å²) in [6.07, 6.45) is 6.40. The van der Waals surface area contributed by atoms with E-state index in [0.717, 1.165) is 32.2 Å². The highest BCUT2D eigenvalue weighted by Crippen LogP contribution is 2.20. The lowest BCUT2D eigenvalue weighted by Crippen LogP contribution is -2.45. The molecule has 2 fully saturated rings. The summed E-state index contributed by atoms with van der Waals surface area (Å²) in [5.74, 6) is 0. The molecule has 1 atom stereocenters. The second-order valence-corrected chi connectivity index (χ2v) is 4.41. The average Bonchev–Trinajstić information content (AvgIpc) is 2.86. The molecule has 0 aromatic carbocycles. The predicted octanol–water partition coefficient (Wildman–Crippen LogP) is 1.63. The van der Waals surface area contributed by atoms with Crippen LogP contribution in [0.1, 0.15) is 38.5 Å². The summed E-state index contributed by atoms with van der Waals surface area (Å²) in [5, 5.41) is 11.9. The van der Waals surface area contributed by atoms with Crippen molar-refractivity contribution in [2.45, 2.75) is 50.6 Å². The Labute approximate surface area is 90.2 Å². The van der Waals surface area contributed by atoms with Gasteiger partial charge in [-0.2, -0.15) is 5.26 Å². The Hall–Kier alpha value is -1.24. The topological polar surface area (TPSA) is 56.1 Å². The number of likely N-dealkylation sites (tertiary alicyclic amines) is 1. The maximum Gasteiger partial charge on any atom is 0.318 e. The molecule has 15 heavy (non-hydrogen) atoms. The normalized spacial score (nSPS) is 26.6. The van der Waals surface area contributed by atoms with E-state index in [0.29, 0.717) is 6.04 Å². The van der Waals surface area contributed by atoms with Gasteiger partial charge in [0.2, 0.25) is 0 Å². The summed E-state index contributed by atoms with van der Waals surface area (Å²) in [6.45, 7) is 0.733. The number of nitrogens with zero attached hydrogens (tertiary/aromatic N) is 2. The molecule has 1 unspecified atom stereocenters. The van der Waals surface area contributed by atoms with Crippen LogP contribution in [0.3, 0.4) is 0 Å². The third-order valence-electron chi connectivity index (χ3n) is 3.35. The van der Waals surface area contributed by atoms with Crippen molar-refractivity contribution in [1.82, 2.24) is 10.2 Å². The van der Waals surface area contributed by atoms with Crippen LogP contribution >= 0.6 is 0 Å². The van der Waals surface area contributed by atoms with E-state index >= 15 is 0 Å². The Kier molecular flexibility index (Phi) is 3.10. The minimum absolute atomic E-state index is 0.0362. The standard InChI is InChI=1S/C11H17N3O/c12-8-10-6-3-7-14(10)11(15)13-9-4-1-2-5-9/h9-10H,1-7H2,(H,13,15). The molecule has 1 aliphatic heterocycles. The van der Waals surface area contributed by atoms with Gasteiger partial charge >= 0.3 is 6.03 Å². The Morgan fingerprint density at radius 1 is 1.27 bits per heavy atom. The van der Waals surface area contributed by atoms with Crippen LogP contribution in [0.15, 0.2) is 0 Å². The summed E-state index contributed by atoms with van der Waals surface area (Å²) in [4.78, 5) is 13.5. The van der Waals surface area contributed by atoms with Crippen LogP contribution in [0.2, 0.25) is 0 Å². The second-order valence-electron chi connectivity index (χ2n) is 4.41. The molecule has 1 saturated heterocycles. The molecule has 2 rings (SSSR count). The van der Waals surface area contributed by atoms with Gasteiger partial charge in [0.05, 0.1) is 6.07 Å². The maximum absolute atomic E-state index is 11.8. The molecule has 0 aromatic rings. The fraction of sp³-hybridized carbons (Fsp3) is 0.818. The van der Waals surface area contributed by atoms with Crippen molar-refractivity contribution in [3.8, 4) is 6.07 Å². The fourth-order valence-electron chi connectivity index (χ4n) is 2.47. The Morgan fingerprint density at radius 2 is 2.00 bits per heavy atom. The van der Waals surface area contributed by atoms with Crippen molar-refractivity contribution in [2.24, 2.45) is 0 Å². The van der Waals surface area contributed by atoms with Crippen LogP contribution in [0.25, 0.3) is 0 Å². The highest BCUT2D eigenvalue weighted by atomic mass is 16.2. The van der Waals surface area contributed by atoms with Gasteiger partial charge < -0.3 is 10.2 Å². The number of nitriles is 1. The molecule has 1 aliphatic carbocycles. The summed E-state index contributed by atoms with van der Waals surface area (Å²) >= 11 is 0. The summed E-state index contributed by atoms with van der Waals surface area (Å²) < 4.78 is 0. The summed E-state index contributed by atoms with van der Waals surface area (Å²) in [7, 11) is 0. The van der Waals surface area contributed by atoms with Crippen LogP contribution in [0.5, 0.6) is 0 Å². The zero-order valence-electron chi connectivity index (χ0n) is 8.91. The first-order valence-electron chi connectivity index (χ1n) is 5.78. The van der Waals surface area contributed by atoms with Gasteiger partial charge in [-0.1, -0.05) is 12.8 Å². The average molecular weight is 207 g/mol. The quantitative estimate of drug-likeness (QED) is 0.710. The molecule has 4 nitrogen and oxygen atoms in total. The van der Waals surface area contributed by atoms with Crippen LogP contribution in [0.4, 0.5) is 4.79 Å². The predicted molar refractivity (Wildman–Crippen MR) is 56.1 cm³/mol. The molecule has 2 amide bonds. The molecule has 0 aromatic heterocycles. The number of carbonyl (C=O) groups excluding carboxylic acids is 1. The number of hydrogen-bond donors (Lipinski definition) is 1. The summed E-state index contributed by atoms with van der Waals surface area (Å²) in [5.41, 5.74) is 0. The van der Waals surface area contributed by atoms with E-state index in [1.807, 2.05) is 0 Å². The Bertz CT molecular complexity index is 278. The van der Waals surface area contributed by atoms with E-state index in [1.54, 1.807) is 4.90 Å². The monoisotopic (exact) mass is 207 g/mol. The van der Waals surface area contributed by atoms with Crippen molar-refractivity contribution in [1.29, 1.82) is 5.26 Å². The molecule has 2 aliphatic rings. The zero-order valence-corrected chi connectivity index (χ0v) is 8.91. The number of carbonyl (C=O) groups is 1. The lowest BCUT2D eigenvalue weighted by Gasteiger charge is -2.22. The number of hydrogen-bond acceptors (Lipinski definition) is 2. The van der Waals surface area contributed by atoms with Crippen molar-refractivity contribution >= 4 is 6.03 Å². The van der Waals surface area contributed by atoms with Crippen LogP contribution in [0, 0.1) is 11.3 Å². The fourth-order valence-corrected chi connectivity index (χ4v) is 2.47. The molecular formula is C11H17N3O. The first kappa shape index (κ1) is 10.3. The van der Waals surface area contributed by atoms with Gasteiger partial charge in [0.15, 0.2) is 0 Å². The van der Waals surface area contributed by atoms with E-state index in [-0.39, 0.29) is 12.1 Å². The lowest BCUT2D eigenvalue weighted by atomic mass is 10.2. The van der Waals surface area contributed by atoms with Gasteiger partial charge in [0, 0.05) is 12.6 Å². The Balaban J connectivity index is 1.87. The maximum atomic E-state index is 11.8. The van der Waals surface area contributed by atoms with Gasteiger partial charge in [-0.3, -0.25) is 0 Å². The molecule has 1 heterocycles. The van der Waals surface area contributed by atoms with Gasteiger partial charge in [-0.05, 0) is 25.7 Å². The van der Waals surface area contributed by atoms with Gasteiger partial charge in [-0.15, -0.1) is 0 Å². The molecule has 0 bridgehead atoms. The van der Waals surface area contributed by atoms with Gasteiger partial charge in [-0.25, -0.2) is 4.79 Å². The van der Waals surface area contributed by atoms with Crippen molar-refractivity contribution < 1.29 is 4.79 Å². The molecule has 1 saturated carbocycles. The van der Waals surface area contributed by atoms with E-state index in [2.05, 4.69) is 11.4 Å². The van der Waals surface area contributed by atoms with Crippen LogP contribution < -0.4 is 5.32 Å². The smallest absolute Gasteiger partial charge is 0.318 e. The Morgan fingerprint density at radius 3 is 2.67 bits per heavy atom. The molecule has 0 spiro atoms. The van der Waals surface area contributed by atoms with E-state index < -0.39 is 0 Å². The summed E-state index contributed by atoms with van der Waals surface area (Å²) in [6, 6.07) is 2.29. The van der Waals surface area contributed by atoms with Gasteiger partial charge in [0.1, 0.15) is 6.04 Å². The second kappa shape index (κ2) is 4.52. The molecule has 82 valence electrons. The molecule has 1 N–H and O–H groups in total. The number of amides is 2. The van der Waals surface area contributed by atoms with E-state index in [9.17, 15) is 4.79 Å². The van der Waals surface area contributed by atoms with Crippen molar-refractivity contribution in [3.05, 3.63) is 0 Å². The van der Waals surface area contributed by atoms with Crippen LogP contribution in [-0.2, 0) is 0 Å². The van der Waals surface area contributed by atoms with E-state index in [4.69, 9.17) is 5.26 Å². The first-order chi connectivity index (χ1) is 7.31. The van der Waals surface area contributed by atoms with Gasteiger partial charge in [0.25, 0.3) is 0 Å². The number of urea groups is 1. The zero-order chi connectivity index (χ0) is 10.7. The third kappa shape index (κ3) is 2.23. The van der Waals surface area contributed by atoms with Crippen LogP contribution in [-0.4, -0.2) is 29.6 Å². The third-order valence-corrected chi connectivity index (χ3v) is 3.35. The lowest BCUT2D eigenvalue weighted by molar-refractivity contribution is 0.197. The van der Waals surface area contributed by atoms with E-state index in [1.165, 1.54) is 12.8 Å². The SMILES string of the molecule is N#CC1CCCN1C(=O)NC1CCCC1. The van der Waals surface area contributed by atoms with Crippen molar-refractivity contribution in [3.63, 3.8) is 0 Å². The largest absolute Gasteiger partial charge is 0.335 e. The van der Waals surface area contributed by atoms with Crippen molar-refractivity contribution in [2.75, 3.05) is 6.54 Å². The molecule has 4 heteroatoms. The minimum Gasteiger partial charge on any atom is -0.335 e. The number of rotatable bonds is 1. The highest BCUT2D eigenvalue weighted by Gasteiger charge is 2.30. The molecular weight excluding hydrogens is 190 g/mol. The number of nitrogens with one attached hydrogen (secondary N) is 1. The first-order valence-corrected chi connectivity index (χ1v) is 5.78. The molecule has 0 radical (unpaired) electrons. The minimum atomic E-state index is -0.202.